The van der Waals surface area contributed by atoms with E-state index in [0.717, 1.165) is 43.6 Å². The van der Waals surface area contributed by atoms with Crippen molar-refractivity contribution >= 4 is 5.91 Å². The molecule has 2 bridgehead atoms. The second-order valence-electron chi connectivity index (χ2n) is 7.33. The van der Waals surface area contributed by atoms with Crippen LogP contribution < -0.4 is 11.1 Å². The van der Waals surface area contributed by atoms with E-state index in [4.69, 9.17) is 5.73 Å². The minimum Gasteiger partial charge on any atom is -0.356 e. The van der Waals surface area contributed by atoms with E-state index in [9.17, 15) is 4.79 Å². The summed E-state index contributed by atoms with van der Waals surface area (Å²) in [6, 6.07) is 0.301. The molecule has 3 aliphatic rings. The zero-order valence-corrected chi connectivity index (χ0v) is 12.1. The third-order valence-electron chi connectivity index (χ3n) is 6.03. The summed E-state index contributed by atoms with van der Waals surface area (Å²) in [7, 11) is 0. The van der Waals surface area contributed by atoms with Gasteiger partial charge in [0.1, 0.15) is 0 Å². The molecular weight excluding hydrogens is 236 g/mol. The first-order valence-electron chi connectivity index (χ1n) is 8.16. The maximum atomic E-state index is 12.3. The first-order chi connectivity index (χ1) is 9.13. The normalized spacial score (nSPS) is 45.4. The molecule has 0 aromatic heterocycles. The average molecular weight is 264 g/mol. The second kappa shape index (κ2) is 5.43. The summed E-state index contributed by atoms with van der Waals surface area (Å²) in [5, 5.41) is 3.23. The Hall–Kier alpha value is -0.570. The van der Waals surface area contributed by atoms with Crippen LogP contribution in [0, 0.1) is 29.6 Å². The van der Waals surface area contributed by atoms with Crippen molar-refractivity contribution in [1.29, 1.82) is 0 Å². The van der Waals surface area contributed by atoms with Crippen LogP contribution in [0.5, 0.6) is 0 Å². The number of nitrogens with one attached hydrogen (secondary N) is 1. The average Bonchev–Trinajstić information content (AvgIpc) is 3.01. The summed E-state index contributed by atoms with van der Waals surface area (Å²) in [5.74, 6) is 3.65. The molecule has 0 spiro atoms. The molecule has 0 aromatic rings. The van der Waals surface area contributed by atoms with Gasteiger partial charge < -0.3 is 11.1 Å². The highest BCUT2D eigenvalue weighted by atomic mass is 16.1. The SMILES string of the molecule is CC1CC(C(=O)NCC2CC3CCC2C3)CCC1N. The van der Waals surface area contributed by atoms with Crippen LogP contribution in [0.1, 0.15) is 51.9 Å². The third-order valence-corrected chi connectivity index (χ3v) is 6.03. The van der Waals surface area contributed by atoms with Crippen LogP contribution in [0.25, 0.3) is 0 Å². The van der Waals surface area contributed by atoms with Crippen LogP contribution in [0.2, 0.25) is 0 Å². The molecule has 3 fully saturated rings. The zero-order valence-electron chi connectivity index (χ0n) is 12.1. The van der Waals surface area contributed by atoms with E-state index in [1.165, 1.54) is 25.7 Å². The Balaban J connectivity index is 1.44. The summed E-state index contributed by atoms with van der Waals surface area (Å²) in [4.78, 5) is 12.3. The van der Waals surface area contributed by atoms with Gasteiger partial charge in [0.05, 0.1) is 0 Å². The highest BCUT2D eigenvalue weighted by Gasteiger charge is 2.39. The Labute approximate surface area is 116 Å². The van der Waals surface area contributed by atoms with Gasteiger partial charge in [0.25, 0.3) is 0 Å². The fourth-order valence-electron chi connectivity index (χ4n) is 4.66. The van der Waals surface area contributed by atoms with Crippen LogP contribution in [-0.4, -0.2) is 18.5 Å². The van der Waals surface area contributed by atoms with Gasteiger partial charge >= 0.3 is 0 Å². The summed E-state index contributed by atoms with van der Waals surface area (Å²) in [6.07, 6.45) is 8.59. The van der Waals surface area contributed by atoms with Crippen LogP contribution in [-0.2, 0) is 4.79 Å². The van der Waals surface area contributed by atoms with Crippen molar-refractivity contribution in [3.8, 4) is 0 Å². The van der Waals surface area contributed by atoms with Gasteiger partial charge in [-0.3, -0.25) is 4.79 Å². The molecule has 3 heteroatoms. The van der Waals surface area contributed by atoms with Gasteiger partial charge in [-0.25, -0.2) is 0 Å². The van der Waals surface area contributed by atoms with Crippen LogP contribution in [0.15, 0.2) is 0 Å². The van der Waals surface area contributed by atoms with Gasteiger partial charge in [-0.1, -0.05) is 13.3 Å². The zero-order chi connectivity index (χ0) is 13.4. The largest absolute Gasteiger partial charge is 0.356 e. The Morgan fingerprint density at radius 1 is 1.16 bits per heavy atom. The predicted molar refractivity (Wildman–Crippen MR) is 76.4 cm³/mol. The summed E-state index contributed by atoms with van der Waals surface area (Å²) in [6.45, 7) is 3.11. The van der Waals surface area contributed by atoms with E-state index >= 15 is 0 Å². The molecule has 3 saturated carbocycles. The molecule has 3 rings (SSSR count). The number of amides is 1. The Morgan fingerprint density at radius 2 is 2.00 bits per heavy atom. The van der Waals surface area contributed by atoms with E-state index in [1.807, 2.05) is 0 Å². The number of fused-ring (bicyclic) bond motifs is 2. The molecule has 3 nitrogen and oxygen atoms in total. The highest BCUT2D eigenvalue weighted by molar-refractivity contribution is 5.78. The van der Waals surface area contributed by atoms with E-state index < -0.39 is 0 Å². The Morgan fingerprint density at radius 3 is 2.63 bits per heavy atom. The monoisotopic (exact) mass is 264 g/mol. The predicted octanol–water partition coefficient (Wildman–Crippen LogP) is 2.30. The lowest BCUT2D eigenvalue weighted by atomic mass is 9.79. The van der Waals surface area contributed by atoms with Gasteiger partial charge in [0, 0.05) is 18.5 Å². The molecule has 0 saturated heterocycles. The number of rotatable bonds is 3. The van der Waals surface area contributed by atoms with Gasteiger partial charge in [0.2, 0.25) is 5.91 Å². The number of carbonyl (C=O) groups is 1. The Kier molecular flexibility index (Phi) is 3.84. The van der Waals surface area contributed by atoms with Crippen LogP contribution >= 0.6 is 0 Å². The van der Waals surface area contributed by atoms with E-state index in [2.05, 4.69) is 12.2 Å². The molecule has 108 valence electrons. The van der Waals surface area contributed by atoms with Crippen molar-refractivity contribution in [1.82, 2.24) is 5.32 Å². The topological polar surface area (TPSA) is 55.1 Å². The molecular formula is C16H28N2O. The maximum Gasteiger partial charge on any atom is 0.223 e. The number of nitrogens with two attached hydrogens (primary N) is 1. The smallest absolute Gasteiger partial charge is 0.223 e. The molecule has 19 heavy (non-hydrogen) atoms. The van der Waals surface area contributed by atoms with Crippen molar-refractivity contribution in [2.45, 2.75) is 57.9 Å². The summed E-state index contributed by atoms with van der Waals surface area (Å²) in [5.41, 5.74) is 6.02. The van der Waals surface area contributed by atoms with Gasteiger partial charge in [-0.15, -0.1) is 0 Å². The van der Waals surface area contributed by atoms with E-state index in [-0.39, 0.29) is 5.92 Å². The third kappa shape index (κ3) is 2.81. The Bertz CT molecular complexity index is 344. The minimum absolute atomic E-state index is 0.216. The minimum atomic E-state index is 0.216. The number of hydrogen-bond acceptors (Lipinski definition) is 2. The van der Waals surface area contributed by atoms with Crippen molar-refractivity contribution in [2.75, 3.05) is 6.54 Å². The lowest BCUT2D eigenvalue weighted by Crippen LogP contribution is -2.42. The highest BCUT2D eigenvalue weighted by Crippen LogP contribution is 2.47. The van der Waals surface area contributed by atoms with Gasteiger partial charge in [0.15, 0.2) is 0 Å². The molecule has 0 heterocycles. The summed E-state index contributed by atoms with van der Waals surface area (Å²) >= 11 is 0. The standard InChI is InChI=1S/C16H28N2O/c1-10-6-13(4-5-15(10)17)16(19)18-9-14-8-11-2-3-12(14)7-11/h10-15H,2-9,17H2,1H3,(H,18,19). The van der Waals surface area contributed by atoms with Crippen molar-refractivity contribution in [3.63, 3.8) is 0 Å². The maximum absolute atomic E-state index is 12.3. The molecule has 6 unspecified atom stereocenters. The first kappa shape index (κ1) is 13.4. The molecule has 0 radical (unpaired) electrons. The van der Waals surface area contributed by atoms with E-state index in [1.54, 1.807) is 0 Å². The fraction of sp³-hybridized carbons (Fsp3) is 0.938. The quantitative estimate of drug-likeness (QED) is 0.822. The van der Waals surface area contributed by atoms with Crippen molar-refractivity contribution < 1.29 is 4.79 Å². The molecule has 0 aliphatic heterocycles. The van der Waals surface area contributed by atoms with Crippen LogP contribution in [0.4, 0.5) is 0 Å². The molecule has 3 N–H and O–H groups in total. The van der Waals surface area contributed by atoms with Crippen molar-refractivity contribution in [2.24, 2.45) is 35.3 Å². The summed E-state index contributed by atoms with van der Waals surface area (Å²) < 4.78 is 0. The van der Waals surface area contributed by atoms with Gasteiger partial charge in [-0.05, 0) is 62.2 Å². The van der Waals surface area contributed by atoms with Crippen molar-refractivity contribution in [3.05, 3.63) is 0 Å². The lowest BCUT2D eigenvalue weighted by Gasteiger charge is -2.31. The first-order valence-corrected chi connectivity index (χ1v) is 8.16. The van der Waals surface area contributed by atoms with Crippen LogP contribution in [0.3, 0.4) is 0 Å². The molecule has 3 aliphatic carbocycles. The second-order valence-corrected chi connectivity index (χ2v) is 7.33. The van der Waals surface area contributed by atoms with E-state index in [0.29, 0.717) is 17.9 Å². The van der Waals surface area contributed by atoms with Gasteiger partial charge in [-0.2, -0.15) is 0 Å². The molecule has 6 atom stereocenters. The number of hydrogen-bond donors (Lipinski definition) is 2. The lowest BCUT2D eigenvalue weighted by molar-refractivity contribution is -0.126. The fourth-order valence-corrected chi connectivity index (χ4v) is 4.66. The molecule has 0 aromatic carbocycles. The number of carbonyl (C=O) groups excluding carboxylic acids is 1. The molecule has 1 amide bonds.